The molecule has 2 N–H and O–H groups in total. The van der Waals surface area contributed by atoms with Crippen LogP contribution in [-0.4, -0.2) is 14.7 Å². The Hall–Kier alpha value is -2.44. The lowest BCUT2D eigenvalue weighted by atomic mass is 10.2. The molecule has 0 aliphatic carbocycles. The molecule has 1 atom stereocenters. The molecular formula is C16H15NO4S. The first kappa shape index (κ1) is 15.9. The Morgan fingerprint density at radius 1 is 1.18 bits per heavy atom. The summed E-state index contributed by atoms with van der Waals surface area (Å²) in [4.78, 5) is 11.9. The van der Waals surface area contributed by atoms with Crippen LogP contribution in [0.1, 0.15) is 6.92 Å². The van der Waals surface area contributed by atoms with E-state index in [-0.39, 0.29) is 5.91 Å². The highest BCUT2D eigenvalue weighted by Gasteiger charge is 2.05. The van der Waals surface area contributed by atoms with E-state index in [1.165, 1.54) is 12.1 Å². The largest absolute Gasteiger partial charge is 0.457 e. The molecule has 5 nitrogen and oxygen atoms in total. The Balaban J connectivity index is 2.11. The van der Waals surface area contributed by atoms with Crippen molar-refractivity contribution in [2.45, 2.75) is 11.8 Å². The molecule has 1 unspecified atom stereocenters. The van der Waals surface area contributed by atoms with Crippen molar-refractivity contribution in [3.05, 3.63) is 60.7 Å². The maximum Gasteiger partial charge on any atom is 0.250 e. The van der Waals surface area contributed by atoms with E-state index in [0.29, 0.717) is 27.7 Å². The highest BCUT2D eigenvalue weighted by atomic mass is 32.2. The van der Waals surface area contributed by atoms with E-state index in [2.05, 4.69) is 11.9 Å². The zero-order valence-corrected chi connectivity index (χ0v) is 12.7. The molecule has 0 aromatic heterocycles. The van der Waals surface area contributed by atoms with Crippen LogP contribution in [0.25, 0.3) is 0 Å². The summed E-state index contributed by atoms with van der Waals surface area (Å²) in [5.74, 6) is 0.807. The minimum absolute atomic E-state index is 0.257. The van der Waals surface area contributed by atoms with Gasteiger partial charge in [0.15, 0.2) is 11.1 Å². The van der Waals surface area contributed by atoms with Crippen molar-refractivity contribution in [1.29, 1.82) is 0 Å². The molecule has 0 heterocycles. The molecular weight excluding hydrogens is 302 g/mol. The van der Waals surface area contributed by atoms with Gasteiger partial charge < -0.3 is 14.6 Å². The Morgan fingerprint density at radius 2 is 1.86 bits per heavy atom. The molecule has 0 saturated heterocycles. The minimum atomic E-state index is -2.01. The van der Waals surface area contributed by atoms with E-state index in [4.69, 9.17) is 9.29 Å². The molecule has 2 rings (SSSR count). The lowest BCUT2D eigenvalue weighted by Gasteiger charge is -2.09. The molecule has 22 heavy (non-hydrogen) atoms. The molecule has 114 valence electrons. The summed E-state index contributed by atoms with van der Waals surface area (Å²) >= 11 is -2.01. The zero-order chi connectivity index (χ0) is 16.1. The number of hydrogen-bond acceptors (Lipinski definition) is 3. The third-order valence-corrected chi connectivity index (χ3v) is 3.42. The van der Waals surface area contributed by atoms with Gasteiger partial charge >= 0.3 is 0 Å². The van der Waals surface area contributed by atoms with Crippen molar-refractivity contribution < 1.29 is 18.3 Å². The summed E-state index contributed by atoms with van der Waals surface area (Å²) in [5.41, 5.74) is 1.01. The third kappa shape index (κ3) is 4.28. The summed E-state index contributed by atoms with van der Waals surface area (Å²) < 4.78 is 25.5. The normalized spacial score (nSPS) is 11.5. The molecule has 6 heteroatoms. The van der Waals surface area contributed by atoms with E-state index in [1.54, 1.807) is 43.3 Å². The summed E-state index contributed by atoms with van der Waals surface area (Å²) in [5, 5.41) is 2.70. The molecule has 0 spiro atoms. The number of benzene rings is 2. The van der Waals surface area contributed by atoms with Gasteiger partial charge in [-0.2, -0.15) is 0 Å². The first-order valence-corrected chi connectivity index (χ1v) is 7.52. The van der Waals surface area contributed by atoms with E-state index in [9.17, 15) is 9.00 Å². The van der Waals surface area contributed by atoms with Gasteiger partial charge in [-0.1, -0.05) is 12.6 Å². The zero-order valence-electron chi connectivity index (χ0n) is 11.9. The third-order valence-electron chi connectivity index (χ3n) is 2.74. The monoisotopic (exact) mass is 317 g/mol. The average molecular weight is 317 g/mol. The number of rotatable bonds is 5. The van der Waals surface area contributed by atoms with Crippen LogP contribution in [0, 0.1) is 0 Å². The van der Waals surface area contributed by atoms with Crippen molar-refractivity contribution in [2.75, 3.05) is 5.32 Å². The summed E-state index contributed by atoms with van der Waals surface area (Å²) in [6, 6.07) is 13.1. The fourth-order valence-electron chi connectivity index (χ4n) is 1.64. The first-order chi connectivity index (χ1) is 10.5. The highest BCUT2D eigenvalue weighted by molar-refractivity contribution is 7.79. The molecule has 0 bridgehead atoms. The highest BCUT2D eigenvalue weighted by Crippen LogP contribution is 2.25. The van der Waals surface area contributed by atoms with Crippen LogP contribution >= 0.6 is 0 Å². The van der Waals surface area contributed by atoms with Gasteiger partial charge in [-0.25, -0.2) is 4.21 Å². The number of ether oxygens (including phenoxy) is 1. The van der Waals surface area contributed by atoms with Crippen molar-refractivity contribution in [1.82, 2.24) is 0 Å². The molecule has 0 radical (unpaired) electrons. The van der Waals surface area contributed by atoms with Crippen molar-refractivity contribution in [3.8, 4) is 11.5 Å². The van der Waals surface area contributed by atoms with Gasteiger partial charge in [0.25, 0.3) is 5.91 Å². The quantitative estimate of drug-likeness (QED) is 0.653. The van der Waals surface area contributed by atoms with Crippen molar-refractivity contribution >= 4 is 22.7 Å². The lowest BCUT2D eigenvalue weighted by molar-refractivity contribution is -0.112. The molecule has 2 aromatic carbocycles. The Morgan fingerprint density at radius 3 is 2.45 bits per heavy atom. The second-order valence-electron chi connectivity index (χ2n) is 4.58. The fraction of sp³-hybridized carbons (Fsp3) is 0.0625. The maximum atomic E-state index is 11.6. The predicted molar refractivity (Wildman–Crippen MR) is 85.4 cm³/mol. The first-order valence-electron chi connectivity index (χ1n) is 6.41. The van der Waals surface area contributed by atoms with Gasteiger partial charge in [0.1, 0.15) is 11.5 Å². The van der Waals surface area contributed by atoms with Crippen LogP contribution in [0.5, 0.6) is 11.5 Å². The number of anilines is 1. The van der Waals surface area contributed by atoms with E-state index >= 15 is 0 Å². The second-order valence-corrected chi connectivity index (χ2v) is 5.55. The molecule has 0 aliphatic heterocycles. The van der Waals surface area contributed by atoms with Gasteiger partial charge in [-0.15, -0.1) is 0 Å². The molecule has 2 aromatic rings. The van der Waals surface area contributed by atoms with Crippen LogP contribution in [-0.2, 0) is 15.9 Å². The molecule has 1 amide bonds. The lowest BCUT2D eigenvalue weighted by Crippen LogP contribution is -2.11. The number of amides is 1. The SMILES string of the molecule is C=C(C)C(=O)Nc1cccc(Oc2ccc(S(=O)O)cc2)c1. The predicted octanol–water partition coefficient (Wildman–Crippen LogP) is 3.57. The number of carbonyl (C=O) groups is 1. The standard InChI is InChI=1S/C16H15NO4S/c1-11(2)16(18)17-12-4-3-5-14(10-12)21-13-6-8-15(9-7-13)22(19)20/h3-10H,1H2,2H3,(H,17,18)(H,19,20). The Kier molecular flexibility index (Phi) is 5.08. The van der Waals surface area contributed by atoms with Gasteiger partial charge in [0.2, 0.25) is 0 Å². The van der Waals surface area contributed by atoms with Crippen LogP contribution < -0.4 is 10.1 Å². The van der Waals surface area contributed by atoms with Crippen LogP contribution in [0.4, 0.5) is 5.69 Å². The molecule has 0 saturated carbocycles. The van der Waals surface area contributed by atoms with E-state index in [0.717, 1.165) is 0 Å². The Labute approximate surface area is 130 Å². The maximum absolute atomic E-state index is 11.6. The number of hydrogen-bond donors (Lipinski definition) is 2. The van der Waals surface area contributed by atoms with Crippen LogP contribution in [0.2, 0.25) is 0 Å². The Bertz CT molecular complexity index is 725. The van der Waals surface area contributed by atoms with Gasteiger partial charge in [0.05, 0.1) is 4.90 Å². The van der Waals surface area contributed by atoms with Crippen LogP contribution in [0.15, 0.2) is 65.6 Å². The fourth-order valence-corrected chi connectivity index (χ4v) is 2.00. The second kappa shape index (κ2) is 7.02. The topological polar surface area (TPSA) is 75.6 Å². The molecule has 0 fully saturated rings. The van der Waals surface area contributed by atoms with Gasteiger partial charge in [-0.05, 0) is 43.3 Å². The van der Waals surface area contributed by atoms with Gasteiger partial charge in [0, 0.05) is 17.3 Å². The number of nitrogens with one attached hydrogen (secondary N) is 1. The van der Waals surface area contributed by atoms with Crippen molar-refractivity contribution in [3.63, 3.8) is 0 Å². The average Bonchev–Trinajstić information content (AvgIpc) is 2.48. The van der Waals surface area contributed by atoms with E-state index in [1.807, 2.05) is 0 Å². The van der Waals surface area contributed by atoms with Gasteiger partial charge in [-0.3, -0.25) is 4.79 Å². The van der Waals surface area contributed by atoms with E-state index < -0.39 is 11.1 Å². The van der Waals surface area contributed by atoms with Crippen LogP contribution in [0.3, 0.4) is 0 Å². The summed E-state index contributed by atoms with van der Waals surface area (Å²) in [7, 11) is 0. The number of carbonyl (C=O) groups excluding carboxylic acids is 1. The van der Waals surface area contributed by atoms with Crippen molar-refractivity contribution in [2.24, 2.45) is 0 Å². The smallest absolute Gasteiger partial charge is 0.250 e. The minimum Gasteiger partial charge on any atom is -0.457 e. The summed E-state index contributed by atoms with van der Waals surface area (Å²) in [6.07, 6.45) is 0. The molecule has 0 aliphatic rings. The summed E-state index contributed by atoms with van der Waals surface area (Å²) in [6.45, 7) is 5.20.